The molecule has 1 aromatic heterocycles. The Kier molecular flexibility index (Phi) is 4.77. The molecule has 0 bridgehead atoms. The van der Waals surface area contributed by atoms with Crippen molar-refractivity contribution in [1.29, 1.82) is 0 Å². The van der Waals surface area contributed by atoms with Crippen molar-refractivity contribution < 1.29 is 4.42 Å². The number of hydrogen-bond donors (Lipinski definition) is 0. The van der Waals surface area contributed by atoms with E-state index in [-0.39, 0.29) is 0 Å². The molecule has 0 saturated carbocycles. The Morgan fingerprint density at radius 1 is 1.12 bits per heavy atom. The minimum atomic E-state index is 0.446. The van der Waals surface area contributed by atoms with Crippen molar-refractivity contribution in [3.8, 4) is 11.5 Å². The quantitative estimate of drug-likeness (QED) is 0.824. The van der Waals surface area contributed by atoms with E-state index in [1.807, 2.05) is 0 Å². The molecule has 24 heavy (non-hydrogen) atoms. The van der Waals surface area contributed by atoms with Gasteiger partial charge in [-0.1, -0.05) is 23.2 Å². The van der Waals surface area contributed by atoms with E-state index in [0.717, 1.165) is 18.7 Å². The van der Waals surface area contributed by atoms with Gasteiger partial charge in [-0.05, 0) is 50.6 Å². The predicted molar refractivity (Wildman–Crippen MR) is 94.2 cm³/mol. The number of hydrogen-bond acceptors (Lipinski definition) is 5. The van der Waals surface area contributed by atoms with Crippen molar-refractivity contribution in [2.45, 2.75) is 31.8 Å². The third kappa shape index (κ3) is 3.45. The van der Waals surface area contributed by atoms with Crippen LogP contribution in [0.3, 0.4) is 0 Å². The Morgan fingerprint density at radius 2 is 1.96 bits per heavy atom. The molecule has 1 aromatic carbocycles. The van der Waals surface area contributed by atoms with Crippen LogP contribution in [0.15, 0.2) is 22.6 Å². The molecule has 2 aliphatic rings. The molecule has 5 nitrogen and oxygen atoms in total. The largest absolute Gasteiger partial charge is 0.419 e. The number of aromatic nitrogens is 2. The van der Waals surface area contributed by atoms with Gasteiger partial charge in [-0.2, -0.15) is 0 Å². The maximum atomic E-state index is 6.21. The molecule has 2 aromatic rings. The zero-order chi connectivity index (χ0) is 16.5. The summed E-state index contributed by atoms with van der Waals surface area (Å²) in [5, 5.41) is 9.43. The zero-order valence-corrected chi connectivity index (χ0v) is 14.9. The molecule has 7 heteroatoms. The highest BCUT2D eigenvalue weighted by Crippen LogP contribution is 2.30. The van der Waals surface area contributed by atoms with E-state index >= 15 is 0 Å². The third-order valence-electron chi connectivity index (χ3n) is 4.89. The van der Waals surface area contributed by atoms with Crippen LogP contribution in [0.4, 0.5) is 0 Å². The molecule has 0 N–H and O–H groups in total. The van der Waals surface area contributed by atoms with Gasteiger partial charge in [-0.15, -0.1) is 10.2 Å². The second kappa shape index (κ2) is 7.00. The Hall–Kier alpha value is -1.14. The molecule has 0 aliphatic carbocycles. The van der Waals surface area contributed by atoms with Gasteiger partial charge in [-0.25, -0.2) is 0 Å². The van der Waals surface area contributed by atoms with E-state index in [1.54, 1.807) is 18.2 Å². The minimum Gasteiger partial charge on any atom is -0.419 e. The van der Waals surface area contributed by atoms with Crippen LogP contribution in [0.1, 0.15) is 25.2 Å². The molecule has 1 unspecified atom stereocenters. The first kappa shape index (κ1) is 16.3. The molecule has 128 valence electrons. The predicted octanol–water partition coefficient (Wildman–Crippen LogP) is 3.71. The van der Waals surface area contributed by atoms with Gasteiger partial charge in [0.25, 0.3) is 0 Å². The molecule has 4 rings (SSSR count). The summed E-state index contributed by atoms with van der Waals surface area (Å²) in [6.07, 6.45) is 3.90. The SMILES string of the molecule is Clc1ccc(-c2nnc(CN3CCC(N4CCCC4)C3)o2)c(Cl)c1. The van der Waals surface area contributed by atoms with E-state index in [0.29, 0.717) is 34.4 Å². The molecule has 2 saturated heterocycles. The molecular formula is C17H20Cl2N4O. The monoisotopic (exact) mass is 366 g/mol. The fraction of sp³-hybridized carbons (Fsp3) is 0.529. The maximum absolute atomic E-state index is 6.21. The highest BCUT2D eigenvalue weighted by atomic mass is 35.5. The van der Waals surface area contributed by atoms with E-state index < -0.39 is 0 Å². The van der Waals surface area contributed by atoms with Gasteiger partial charge >= 0.3 is 0 Å². The molecule has 2 aliphatic heterocycles. The number of nitrogens with zero attached hydrogens (tertiary/aromatic N) is 4. The second-order valence-electron chi connectivity index (χ2n) is 6.55. The Labute approximate surface area is 151 Å². The van der Waals surface area contributed by atoms with Gasteiger partial charge in [0.1, 0.15) is 0 Å². The Balaban J connectivity index is 1.40. The average molecular weight is 367 g/mol. The Bertz CT molecular complexity index is 714. The number of benzene rings is 1. The van der Waals surface area contributed by atoms with Crippen LogP contribution >= 0.6 is 23.2 Å². The van der Waals surface area contributed by atoms with Crippen molar-refractivity contribution in [1.82, 2.24) is 20.0 Å². The highest BCUT2D eigenvalue weighted by Gasteiger charge is 2.30. The first-order valence-electron chi connectivity index (χ1n) is 8.43. The standard InChI is InChI=1S/C17H20Cl2N4O/c18-12-3-4-14(15(19)9-12)17-21-20-16(24-17)11-22-8-5-13(10-22)23-6-1-2-7-23/h3-4,9,13H,1-2,5-8,10-11H2. The molecule has 3 heterocycles. The van der Waals surface area contributed by atoms with Crippen molar-refractivity contribution in [2.24, 2.45) is 0 Å². The summed E-state index contributed by atoms with van der Waals surface area (Å²) >= 11 is 12.1. The van der Waals surface area contributed by atoms with E-state index in [4.69, 9.17) is 27.6 Å². The van der Waals surface area contributed by atoms with Gasteiger partial charge in [-0.3, -0.25) is 9.80 Å². The topological polar surface area (TPSA) is 45.4 Å². The summed E-state index contributed by atoms with van der Waals surface area (Å²) in [4.78, 5) is 5.01. The van der Waals surface area contributed by atoms with Crippen molar-refractivity contribution in [2.75, 3.05) is 26.2 Å². The number of likely N-dealkylation sites (tertiary alicyclic amines) is 2. The van der Waals surface area contributed by atoms with Crippen LogP contribution in [0.5, 0.6) is 0 Å². The van der Waals surface area contributed by atoms with E-state index in [2.05, 4.69) is 20.0 Å². The molecular weight excluding hydrogens is 347 g/mol. The van der Waals surface area contributed by atoms with Crippen LogP contribution in [0.2, 0.25) is 10.0 Å². The smallest absolute Gasteiger partial charge is 0.249 e. The van der Waals surface area contributed by atoms with Gasteiger partial charge < -0.3 is 4.42 Å². The van der Waals surface area contributed by atoms with Crippen molar-refractivity contribution in [3.05, 3.63) is 34.1 Å². The van der Waals surface area contributed by atoms with Crippen LogP contribution in [-0.4, -0.2) is 52.2 Å². The summed E-state index contributed by atoms with van der Waals surface area (Å²) in [6, 6.07) is 5.94. The summed E-state index contributed by atoms with van der Waals surface area (Å²) in [7, 11) is 0. The second-order valence-corrected chi connectivity index (χ2v) is 7.39. The van der Waals surface area contributed by atoms with Crippen molar-refractivity contribution >= 4 is 23.2 Å². The first-order chi connectivity index (χ1) is 11.7. The number of rotatable bonds is 4. The van der Waals surface area contributed by atoms with Crippen molar-refractivity contribution in [3.63, 3.8) is 0 Å². The zero-order valence-electron chi connectivity index (χ0n) is 13.4. The fourth-order valence-corrected chi connectivity index (χ4v) is 4.13. The summed E-state index contributed by atoms with van der Waals surface area (Å²) in [6.45, 7) is 5.36. The van der Waals surface area contributed by atoms with Gasteiger partial charge in [0.15, 0.2) is 0 Å². The first-order valence-corrected chi connectivity index (χ1v) is 9.19. The third-order valence-corrected chi connectivity index (χ3v) is 5.44. The van der Waals surface area contributed by atoms with E-state index in [1.165, 1.54) is 32.4 Å². The summed E-state index contributed by atoms with van der Waals surface area (Å²) in [5.41, 5.74) is 0.719. The normalized spacial score (nSPS) is 22.5. The Morgan fingerprint density at radius 3 is 2.75 bits per heavy atom. The summed E-state index contributed by atoms with van der Waals surface area (Å²) < 4.78 is 5.81. The lowest BCUT2D eigenvalue weighted by atomic mass is 10.2. The fourth-order valence-electron chi connectivity index (χ4n) is 3.64. The van der Waals surface area contributed by atoms with Crippen LogP contribution in [-0.2, 0) is 6.54 Å². The lowest BCUT2D eigenvalue weighted by molar-refractivity contribution is 0.222. The lowest BCUT2D eigenvalue weighted by Gasteiger charge is -2.23. The minimum absolute atomic E-state index is 0.446. The van der Waals surface area contributed by atoms with Gasteiger partial charge in [0.05, 0.1) is 17.1 Å². The average Bonchev–Trinajstić information content (AvgIpc) is 3.28. The van der Waals surface area contributed by atoms with Crippen LogP contribution in [0.25, 0.3) is 11.5 Å². The maximum Gasteiger partial charge on any atom is 0.249 e. The van der Waals surface area contributed by atoms with Crippen LogP contribution in [0, 0.1) is 0 Å². The van der Waals surface area contributed by atoms with Crippen LogP contribution < -0.4 is 0 Å². The van der Waals surface area contributed by atoms with E-state index in [9.17, 15) is 0 Å². The highest BCUT2D eigenvalue weighted by molar-refractivity contribution is 6.36. The van der Waals surface area contributed by atoms with Gasteiger partial charge in [0, 0.05) is 24.2 Å². The molecule has 0 radical (unpaired) electrons. The molecule has 2 fully saturated rings. The number of halogens is 2. The molecule has 0 spiro atoms. The lowest BCUT2D eigenvalue weighted by Crippen LogP contribution is -2.35. The summed E-state index contributed by atoms with van der Waals surface area (Å²) in [5.74, 6) is 1.08. The molecule has 1 atom stereocenters. The molecule has 0 amide bonds. The van der Waals surface area contributed by atoms with Gasteiger partial charge in [0.2, 0.25) is 11.8 Å².